The first-order chi connectivity index (χ1) is 10.9. The fraction of sp³-hybridized carbons (Fsp3) is 0.250. The molecule has 0 aliphatic heterocycles. The zero-order valence-corrected chi connectivity index (χ0v) is 15.1. The van der Waals surface area contributed by atoms with Gasteiger partial charge in [0.2, 0.25) is 0 Å². The van der Waals surface area contributed by atoms with E-state index < -0.39 is 6.10 Å². The SMILES string of the molecule is Cc1sc2nc(C(C)Oc3ccc(Cl)c(Cl)c3)[nH]c(=O)c2c1C. The van der Waals surface area contributed by atoms with Crippen molar-refractivity contribution in [3.05, 3.63) is 54.9 Å². The van der Waals surface area contributed by atoms with E-state index in [1.165, 1.54) is 11.3 Å². The van der Waals surface area contributed by atoms with Crippen molar-refractivity contribution in [3.63, 3.8) is 0 Å². The predicted octanol–water partition coefficient (Wildman–Crippen LogP) is 5.05. The van der Waals surface area contributed by atoms with Crippen LogP contribution < -0.4 is 10.3 Å². The Morgan fingerprint density at radius 3 is 2.70 bits per heavy atom. The molecule has 1 N–H and O–H groups in total. The van der Waals surface area contributed by atoms with Crippen LogP contribution in [0.4, 0.5) is 0 Å². The van der Waals surface area contributed by atoms with Crippen LogP contribution in [0.3, 0.4) is 0 Å². The zero-order chi connectivity index (χ0) is 16.7. The number of aromatic nitrogens is 2. The first-order valence-corrected chi connectivity index (χ1v) is 8.55. The molecule has 0 aliphatic carbocycles. The fourth-order valence-corrected chi connectivity index (χ4v) is 3.60. The third kappa shape index (κ3) is 3.09. The molecular weight excluding hydrogens is 355 g/mol. The zero-order valence-electron chi connectivity index (χ0n) is 12.7. The van der Waals surface area contributed by atoms with Crippen LogP contribution in [0.1, 0.15) is 29.3 Å². The average molecular weight is 369 g/mol. The summed E-state index contributed by atoms with van der Waals surface area (Å²) < 4.78 is 5.81. The molecule has 120 valence electrons. The lowest BCUT2D eigenvalue weighted by Gasteiger charge is -2.14. The van der Waals surface area contributed by atoms with Crippen molar-refractivity contribution in [3.8, 4) is 5.75 Å². The third-order valence-corrected chi connectivity index (χ3v) is 5.49. The first kappa shape index (κ1) is 16.3. The predicted molar refractivity (Wildman–Crippen MR) is 95.2 cm³/mol. The Labute approximate surface area is 147 Å². The molecule has 3 aromatic rings. The Bertz CT molecular complexity index is 949. The Balaban J connectivity index is 1.96. The van der Waals surface area contributed by atoms with Gasteiger partial charge in [0.05, 0.1) is 15.4 Å². The van der Waals surface area contributed by atoms with Crippen LogP contribution in [0.15, 0.2) is 23.0 Å². The monoisotopic (exact) mass is 368 g/mol. The second-order valence-corrected chi connectivity index (χ2v) is 7.27. The number of hydrogen-bond donors (Lipinski definition) is 1. The van der Waals surface area contributed by atoms with Crippen molar-refractivity contribution in [1.82, 2.24) is 9.97 Å². The van der Waals surface area contributed by atoms with E-state index in [1.54, 1.807) is 18.2 Å². The number of nitrogens with one attached hydrogen (secondary N) is 1. The number of fused-ring (bicyclic) bond motifs is 1. The average Bonchev–Trinajstić information content (AvgIpc) is 2.78. The minimum Gasteiger partial charge on any atom is -0.483 e. The first-order valence-electron chi connectivity index (χ1n) is 6.98. The Morgan fingerprint density at radius 2 is 2.00 bits per heavy atom. The molecule has 3 rings (SSSR count). The Kier molecular flexibility index (Phi) is 4.36. The number of benzene rings is 1. The van der Waals surface area contributed by atoms with E-state index in [-0.39, 0.29) is 5.56 Å². The summed E-state index contributed by atoms with van der Waals surface area (Å²) in [5.74, 6) is 1.04. The maximum atomic E-state index is 12.3. The van der Waals surface area contributed by atoms with Crippen LogP contribution in [0.5, 0.6) is 5.75 Å². The minimum absolute atomic E-state index is 0.142. The fourth-order valence-electron chi connectivity index (χ4n) is 2.27. The molecule has 0 radical (unpaired) electrons. The van der Waals surface area contributed by atoms with Gasteiger partial charge in [-0.15, -0.1) is 11.3 Å². The quantitative estimate of drug-likeness (QED) is 0.703. The second-order valence-electron chi connectivity index (χ2n) is 5.25. The molecule has 0 amide bonds. The lowest BCUT2D eigenvalue weighted by atomic mass is 10.2. The van der Waals surface area contributed by atoms with Gasteiger partial charge in [-0.3, -0.25) is 4.79 Å². The van der Waals surface area contributed by atoms with Crippen LogP contribution in [-0.4, -0.2) is 9.97 Å². The summed E-state index contributed by atoms with van der Waals surface area (Å²) in [7, 11) is 0. The van der Waals surface area contributed by atoms with E-state index in [1.807, 2.05) is 20.8 Å². The highest BCUT2D eigenvalue weighted by molar-refractivity contribution is 7.18. The van der Waals surface area contributed by atoms with Gasteiger partial charge in [-0.1, -0.05) is 23.2 Å². The minimum atomic E-state index is -0.424. The van der Waals surface area contributed by atoms with Gasteiger partial charge in [-0.2, -0.15) is 0 Å². The van der Waals surface area contributed by atoms with Crippen molar-refractivity contribution in [1.29, 1.82) is 0 Å². The number of aromatic amines is 1. The van der Waals surface area contributed by atoms with Gasteiger partial charge in [0.15, 0.2) is 11.9 Å². The number of halogens is 2. The molecule has 0 saturated heterocycles. The summed E-state index contributed by atoms with van der Waals surface area (Å²) in [4.78, 5) is 21.5. The number of aryl methyl sites for hydroxylation is 2. The molecular formula is C16H14Cl2N2O2S. The van der Waals surface area contributed by atoms with Gasteiger partial charge in [-0.05, 0) is 38.5 Å². The van der Waals surface area contributed by atoms with E-state index in [0.717, 1.165) is 15.3 Å². The normalized spacial score (nSPS) is 12.6. The largest absolute Gasteiger partial charge is 0.483 e. The molecule has 0 aliphatic rings. The van der Waals surface area contributed by atoms with Gasteiger partial charge < -0.3 is 9.72 Å². The second kappa shape index (κ2) is 6.15. The van der Waals surface area contributed by atoms with Crippen molar-refractivity contribution in [2.45, 2.75) is 26.9 Å². The molecule has 1 unspecified atom stereocenters. The van der Waals surface area contributed by atoms with Gasteiger partial charge in [-0.25, -0.2) is 4.98 Å². The molecule has 2 aromatic heterocycles. The lowest BCUT2D eigenvalue weighted by molar-refractivity contribution is 0.216. The van der Waals surface area contributed by atoms with E-state index >= 15 is 0 Å². The van der Waals surface area contributed by atoms with Gasteiger partial charge in [0, 0.05) is 10.9 Å². The number of ether oxygens (including phenoxy) is 1. The van der Waals surface area contributed by atoms with E-state index in [0.29, 0.717) is 27.0 Å². The molecule has 7 heteroatoms. The number of hydrogen-bond acceptors (Lipinski definition) is 4. The highest BCUT2D eigenvalue weighted by Gasteiger charge is 2.16. The van der Waals surface area contributed by atoms with E-state index in [4.69, 9.17) is 27.9 Å². The number of nitrogens with zero attached hydrogens (tertiary/aromatic N) is 1. The summed E-state index contributed by atoms with van der Waals surface area (Å²) in [6, 6.07) is 5.02. The summed E-state index contributed by atoms with van der Waals surface area (Å²) in [5.41, 5.74) is 0.833. The summed E-state index contributed by atoms with van der Waals surface area (Å²) in [6.45, 7) is 5.73. The molecule has 0 spiro atoms. The molecule has 0 bridgehead atoms. The number of thiophene rings is 1. The summed E-state index contributed by atoms with van der Waals surface area (Å²) in [6.07, 6.45) is -0.424. The van der Waals surface area contributed by atoms with Crippen molar-refractivity contribution in [2.24, 2.45) is 0 Å². The molecule has 0 saturated carbocycles. The molecule has 1 aromatic carbocycles. The topological polar surface area (TPSA) is 55.0 Å². The van der Waals surface area contributed by atoms with Crippen LogP contribution in [0, 0.1) is 13.8 Å². The van der Waals surface area contributed by atoms with Crippen molar-refractivity contribution >= 4 is 44.8 Å². The highest BCUT2D eigenvalue weighted by atomic mass is 35.5. The van der Waals surface area contributed by atoms with Gasteiger partial charge in [0.25, 0.3) is 5.56 Å². The van der Waals surface area contributed by atoms with Crippen LogP contribution >= 0.6 is 34.5 Å². The highest BCUT2D eigenvalue weighted by Crippen LogP contribution is 2.30. The molecule has 2 heterocycles. The van der Waals surface area contributed by atoms with Crippen LogP contribution in [0.2, 0.25) is 10.0 Å². The third-order valence-electron chi connectivity index (χ3n) is 3.65. The maximum absolute atomic E-state index is 12.3. The standard InChI is InChI=1S/C16H14Cl2N2O2S/c1-7-9(3)23-16-13(7)15(21)19-14(20-16)8(2)22-10-4-5-11(17)12(18)6-10/h4-6,8H,1-3H3,(H,19,20,21). The van der Waals surface area contributed by atoms with E-state index in [2.05, 4.69) is 9.97 Å². The number of H-pyrrole nitrogens is 1. The van der Waals surface area contributed by atoms with Crippen LogP contribution in [0.25, 0.3) is 10.2 Å². The Morgan fingerprint density at radius 1 is 1.26 bits per heavy atom. The molecule has 4 nitrogen and oxygen atoms in total. The maximum Gasteiger partial charge on any atom is 0.260 e. The summed E-state index contributed by atoms with van der Waals surface area (Å²) in [5, 5.41) is 1.53. The molecule has 0 fully saturated rings. The van der Waals surface area contributed by atoms with E-state index in [9.17, 15) is 4.79 Å². The molecule has 23 heavy (non-hydrogen) atoms. The lowest BCUT2D eigenvalue weighted by Crippen LogP contribution is -2.16. The summed E-state index contributed by atoms with van der Waals surface area (Å²) >= 11 is 13.4. The van der Waals surface area contributed by atoms with Gasteiger partial charge in [0.1, 0.15) is 10.6 Å². The van der Waals surface area contributed by atoms with Crippen molar-refractivity contribution < 1.29 is 4.74 Å². The smallest absolute Gasteiger partial charge is 0.260 e. The van der Waals surface area contributed by atoms with Crippen LogP contribution in [-0.2, 0) is 0 Å². The number of rotatable bonds is 3. The molecule has 1 atom stereocenters. The van der Waals surface area contributed by atoms with Gasteiger partial charge >= 0.3 is 0 Å². The Hall–Kier alpha value is -1.56. The van der Waals surface area contributed by atoms with Crippen molar-refractivity contribution in [2.75, 3.05) is 0 Å².